The highest BCUT2D eigenvalue weighted by atomic mass is 32.2. The lowest BCUT2D eigenvalue weighted by Gasteiger charge is -2.11. The summed E-state index contributed by atoms with van der Waals surface area (Å²) < 4.78 is 29.9. The van der Waals surface area contributed by atoms with Gasteiger partial charge in [-0.1, -0.05) is 32.8 Å². The Morgan fingerprint density at radius 2 is 2.25 bits per heavy atom. The Morgan fingerprint density at radius 1 is 1.50 bits per heavy atom. The molecule has 0 spiro atoms. The fourth-order valence-corrected chi connectivity index (χ4v) is 2.61. The molecule has 16 heavy (non-hydrogen) atoms. The molecule has 0 amide bonds. The number of hydrogen-bond acceptors (Lipinski definition) is 3. The summed E-state index contributed by atoms with van der Waals surface area (Å²) in [6.07, 6.45) is 7.12. The molecule has 1 atom stereocenters. The summed E-state index contributed by atoms with van der Waals surface area (Å²) in [6.45, 7) is 4.43. The van der Waals surface area contributed by atoms with E-state index < -0.39 is 10.3 Å². The number of hydrogen-bond donors (Lipinski definition) is 1. The second kappa shape index (κ2) is 6.25. The van der Waals surface area contributed by atoms with Crippen LogP contribution in [-0.2, 0) is 14.5 Å². The average Bonchev–Trinajstić information content (AvgIpc) is 2.33. The number of unbranched alkanes of at least 4 members (excludes halogenated alkanes) is 3. The second-order valence-electron chi connectivity index (χ2n) is 4.22. The summed E-state index contributed by atoms with van der Waals surface area (Å²) >= 11 is 0. The standard InChI is InChI=1S/C11H21NO3S/c1-3-4-5-6-7-11-10(2)8-9-15-16(13,14)12-11/h7,10,12H,3-6,8-9H2,1-2H3/b11-7+/t10-/m0/s1. The maximum absolute atomic E-state index is 11.3. The van der Waals surface area contributed by atoms with Gasteiger partial charge in [0.1, 0.15) is 0 Å². The zero-order valence-corrected chi connectivity index (χ0v) is 10.8. The van der Waals surface area contributed by atoms with E-state index in [1.54, 1.807) is 0 Å². The molecule has 0 aromatic carbocycles. The predicted molar refractivity (Wildman–Crippen MR) is 64.0 cm³/mol. The zero-order valence-electron chi connectivity index (χ0n) is 10.0. The van der Waals surface area contributed by atoms with Crippen molar-refractivity contribution < 1.29 is 12.6 Å². The summed E-state index contributed by atoms with van der Waals surface area (Å²) in [6, 6.07) is 0. The summed E-state index contributed by atoms with van der Waals surface area (Å²) in [4.78, 5) is 0. The third-order valence-corrected chi connectivity index (χ3v) is 3.70. The molecule has 1 N–H and O–H groups in total. The Hall–Kier alpha value is -0.550. The Bertz CT molecular complexity index is 335. The van der Waals surface area contributed by atoms with Gasteiger partial charge in [-0.25, -0.2) is 0 Å². The van der Waals surface area contributed by atoms with Gasteiger partial charge in [0.15, 0.2) is 0 Å². The molecule has 1 heterocycles. The molecule has 1 saturated heterocycles. The van der Waals surface area contributed by atoms with E-state index in [-0.39, 0.29) is 12.5 Å². The second-order valence-corrected chi connectivity index (χ2v) is 5.57. The van der Waals surface area contributed by atoms with Crippen LogP contribution in [0.15, 0.2) is 11.8 Å². The van der Waals surface area contributed by atoms with E-state index >= 15 is 0 Å². The van der Waals surface area contributed by atoms with Gasteiger partial charge in [-0.15, -0.1) is 0 Å². The van der Waals surface area contributed by atoms with Gasteiger partial charge < -0.3 is 0 Å². The van der Waals surface area contributed by atoms with Gasteiger partial charge in [0, 0.05) is 5.70 Å². The minimum atomic E-state index is -3.56. The van der Waals surface area contributed by atoms with Crippen molar-refractivity contribution in [2.24, 2.45) is 5.92 Å². The molecule has 0 unspecified atom stereocenters. The van der Waals surface area contributed by atoms with Crippen LogP contribution < -0.4 is 4.72 Å². The maximum Gasteiger partial charge on any atom is 0.359 e. The van der Waals surface area contributed by atoms with Crippen LogP contribution >= 0.6 is 0 Å². The molecule has 94 valence electrons. The van der Waals surface area contributed by atoms with Crippen LogP contribution in [0.3, 0.4) is 0 Å². The Kier molecular flexibility index (Phi) is 5.28. The van der Waals surface area contributed by atoms with Crippen LogP contribution in [0.4, 0.5) is 0 Å². The monoisotopic (exact) mass is 247 g/mol. The Labute approximate surface area is 98.3 Å². The van der Waals surface area contributed by atoms with Crippen LogP contribution in [0, 0.1) is 5.92 Å². The molecule has 0 aromatic rings. The zero-order chi connectivity index (χ0) is 12.0. The van der Waals surface area contributed by atoms with Crippen molar-refractivity contribution in [1.82, 2.24) is 4.72 Å². The van der Waals surface area contributed by atoms with Crippen molar-refractivity contribution in [2.45, 2.75) is 46.0 Å². The first kappa shape index (κ1) is 13.5. The lowest BCUT2D eigenvalue weighted by atomic mass is 10.0. The van der Waals surface area contributed by atoms with Gasteiger partial charge in [0.25, 0.3) is 0 Å². The minimum Gasteiger partial charge on any atom is -0.265 e. The molecule has 0 saturated carbocycles. The van der Waals surface area contributed by atoms with Gasteiger partial charge in [0.2, 0.25) is 0 Å². The molecule has 0 radical (unpaired) electrons. The van der Waals surface area contributed by atoms with Crippen LogP contribution in [-0.4, -0.2) is 15.0 Å². The normalized spacial score (nSPS) is 27.4. The highest BCUT2D eigenvalue weighted by molar-refractivity contribution is 7.84. The van der Waals surface area contributed by atoms with Gasteiger partial charge in [0.05, 0.1) is 6.61 Å². The number of nitrogens with one attached hydrogen (secondary N) is 1. The van der Waals surface area contributed by atoms with Crippen molar-refractivity contribution in [3.8, 4) is 0 Å². The summed E-state index contributed by atoms with van der Waals surface area (Å²) in [5, 5.41) is 0. The first-order chi connectivity index (χ1) is 7.55. The van der Waals surface area contributed by atoms with Crippen LogP contribution in [0.5, 0.6) is 0 Å². The average molecular weight is 247 g/mol. The summed E-state index contributed by atoms with van der Waals surface area (Å²) in [5.74, 6) is 0.221. The molecular weight excluding hydrogens is 226 g/mol. The van der Waals surface area contributed by atoms with E-state index in [9.17, 15) is 8.42 Å². The van der Waals surface area contributed by atoms with Gasteiger partial charge in [-0.3, -0.25) is 8.91 Å². The van der Waals surface area contributed by atoms with Crippen molar-refractivity contribution >= 4 is 10.3 Å². The minimum absolute atomic E-state index is 0.221. The third-order valence-electron chi connectivity index (χ3n) is 2.74. The van der Waals surface area contributed by atoms with Gasteiger partial charge in [-0.05, 0) is 25.2 Å². The molecular formula is C11H21NO3S. The lowest BCUT2D eigenvalue weighted by Crippen LogP contribution is -2.24. The molecule has 0 aromatic heterocycles. The maximum atomic E-state index is 11.3. The number of allylic oxidation sites excluding steroid dienone is 2. The largest absolute Gasteiger partial charge is 0.359 e. The molecule has 0 bridgehead atoms. The van der Waals surface area contributed by atoms with Crippen molar-refractivity contribution in [2.75, 3.05) is 6.61 Å². The van der Waals surface area contributed by atoms with E-state index in [0.717, 1.165) is 25.0 Å². The van der Waals surface area contributed by atoms with Crippen molar-refractivity contribution in [1.29, 1.82) is 0 Å². The molecule has 4 nitrogen and oxygen atoms in total. The van der Waals surface area contributed by atoms with E-state index in [4.69, 9.17) is 4.18 Å². The Morgan fingerprint density at radius 3 is 2.94 bits per heavy atom. The Balaban J connectivity index is 2.60. The highest BCUT2D eigenvalue weighted by Crippen LogP contribution is 2.19. The fourth-order valence-electron chi connectivity index (χ4n) is 1.66. The van der Waals surface area contributed by atoms with E-state index in [1.807, 2.05) is 13.0 Å². The first-order valence-electron chi connectivity index (χ1n) is 5.92. The predicted octanol–water partition coefficient (Wildman–Crippen LogP) is 2.34. The topological polar surface area (TPSA) is 55.4 Å². The van der Waals surface area contributed by atoms with Gasteiger partial charge in [-0.2, -0.15) is 8.42 Å². The van der Waals surface area contributed by atoms with E-state index in [0.29, 0.717) is 0 Å². The van der Waals surface area contributed by atoms with Crippen LogP contribution in [0.25, 0.3) is 0 Å². The molecule has 1 aliphatic heterocycles. The van der Waals surface area contributed by atoms with Crippen LogP contribution in [0.1, 0.15) is 46.0 Å². The molecule has 5 heteroatoms. The quantitative estimate of drug-likeness (QED) is 0.776. The molecule has 1 rings (SSSR count). The van der Waals surface area contributed by atoms with E-state index in [2.05, 4.69) is 11.6 Å². The summed E-state index contributed by atoms with van der Waals surface area (Å²) in [5.41, 5.74) is 0.786. The fraction of sp³-hybridized carbons (Fsp3) is 0.818. The van der Waals surface area contributed by atoms with Crippen LogP contribution in [0.2, 0.25) is 0 Å². The molecule has 0 aliphatic carbocycles. The lowest BCUT2D eigenvalue weighted by molar-refractivity contribution is 0.306. The summed E-state index contributed by atoms with van der Waals surface area (Å²) in [7, 11) is -3.56. The van der Waals surface area contributed by atoms with Gasteiger partial charge >= 0.3 is 10.3 Å². The van der Waals surface area contributed by atoms with Crippen molar-refractivity contribution in [3.05, 3.63) is 11.8 Å². The SMILES string of the molecule is CCCCC/C=C1/NS(=O)(=O)OCC[C@@H]1C. The first-order valence-corrected chi connectivity index (χ1v) is 7.33. The van der Waals surface area contributed by atoms with Crippen molar-refractivity contribution in [3.63, 3.8) is 0 Å². The smallest absolute Gasteiger partial charge is 0.265 e. The highest BCUT2D eigenvalue weighted by Gasteiger charge is 2.21. The molecule has 1 aliphatic rings. The van der Waals surface area contributed by atoms with E-state index in [1.165, 1.54) is 12.8 Å². The number of rotatable bonds is 4. The molecule has 1 fully saturated rings. The third kappa shape index (κ3) is 4.53.